The lowest BCUT2D eigenvalue weighted by molar-refractivity contribution is 0.00578. The van der Waals surface area contributed by atoms with Crippen molar-refractivity contribution in [3.05, 3.63) is 40.0 Å². The number of carbonyl (C=O) groups excluding carboxylic acids is 1. The van der Waals surface area contributed by atoms with Crippen LogP contribution < -0.4 is 10.9 Å². The Morgan fingerprint density at radius 2 is 1.87 bits per heavy atom. The summed E-state index contributed by atoms with van der Waals surface area (Å²) in [6.07, 6.45) is 2.79. The monoisotopic (exact) mass is 422 g/mol. The third-order valence-electron chi connectivity index (χ3n) is 5.07. The average molecular weight is 422 g/mol. The zero-order valence-corrected chi connectivity index (χ0v) is 18.9. The van der Waals surface area contributed by atoms with Crippen molar-refractivity contribution in [3.63, 3.8) is 0 Å². The summed E-state index contributed by atoms with van der Waals surface area (Å²) < 4.78 is 32.7. The van der Waals surface area contributed by atoms with Crippen LogP contribution >= 0.6 is 0 Å². The van der Waals surface area contributed by atoms with Gasteiger partial charge in [0.15, 0.2) is 0 Å². The quantitative estimate of drug-likeness (QED) is 0.559. The van der Waals surface area contributed by atoms with Crippen LogP contribution in [0.4, 0.5) is 9.18 Å². The van der Waals surface area contributed by atoms with Crippen molar-refractivity contribution < 1.29 is 23.2 Å². The number of pyridine rings is 1. The van der Waals surface area contributed by atoms with Crippen LogP contribution in [-0.4, -0.2) is 41.1 Å². The molecule has 0 saturated carbocycles. The fraction of sp³-hybridized carbons (Fsp3) is 0.619. The Hall–Kier alpha value is -2.13. The molecule has 0 aliphatic carbocycles. The summed E-state index contributed by atoms with van der Waals surface area (Å²) in [4.78, 5) is 24.3. The Bertz CT molecular complexity index is 842. The topological polar surface area (TPSA) is 78.8 Å². The molecule has 1 N–H and O–H groups in total. The van der Waals surface area contributed by atoms with Gasteiger partial charge in [-0.25, -0.2) is 9.18 Å². The molecule has 1 saturated heterocycles. The minimum Gasteiger partial charge on any atom is -0.444 e. The number of halogens is 1. The lowest BCUT2D eigenvalue weighted by Gasteiger charge is -2.32. The smallest absolute Gasteiger partial charge is 0.444 e. The van der Waals surface area contributed by atoms with E-state index in [2.05, 4.69) is 5.32 Å². The molecular formula is C21H32BFN2O5. The molecule has 1 fully saturated rings. The molecule has 1 aromatic heterocycles. The molecule has 0 aromatic carbocycles. The Labute approximate surface area is 177 Å². The fourth-order valence-electron chi connectivity index (χ4n) is 2.77. The molecule has 1 amide bonds. The molecule has 0 bridgehead atoms. The molecule has 0 spiro atoms. The van der Waals surface area contributed by atoms with E-state index in [9.17, 15) is 14.0 Å². The van der Waals surface area contributed by atoms with Gasteiger partial charge in [0.25, 0.3) is 5.56 Å². The lowest BCUT2D eigenvalue weighted by atomic mass is 9.87. The van der Waals surface area contributed by atoms with Crippen LogP contribution in [0.1, 0.15) is 60.5 Å². The zero-order valence-electron chi connectivity index (χ0n) is 18.9. The third-order valence-corrected chi connectivity index (χ3v) is 5.07. The zero-order chi connectivity index (χ0) is 22.7. The largest absolute Gasteiger partial charge is 0.525 e. The number of aryl methyl sites for hydroxylation is 1. The van der Waals surface area contributed by atoms with Crippen LogP contribution in [0.3, 0.4) is 0 Å². The van der Waals surface area contributed by atoms with Gasteiger partial charge in [0.05, 0.1) is 11.2 Å². The minimum atomic E-state index is -1.15. The molecule has 0 radical (unpaired) electrons. The first-order chi connectivity index (χ1) is 13.7. The maximum Gasteiger partial charge on any atom is 0.525 e. The molecule has 1 aromatic rings. The summed E-state index contributed by atoms with van der Waals surface area (Å²) in [6, 6.07) is 3.22. The van der Waals surface area contributed by atoms with Crippen LogP contribution in [0.15, 0.2) is 28.9 Å². The number of carbonyl (C=O) groups is 1. The number of nitrogens with zero attached hydrogens (tertiary/aromatic N) is 1. The molecule has 30 heavy (non-hydrogen) atoms. The van der Waals surface area contributed by atoms with Crippen molar-refractivity contribution in [2.45, 2.75) is 78.2 Å². The second-order valence-corrected chi connectivity index (χ2v) is 9.36. The summed E-state index contributed by atoms with van der Waals surface area (Å²) >= 11 is 0. The molecule has 7 nitrogen and oxygen atoms in total. The van der Waals surface area contributed by atoms with Gasteiger partial charge in [0, 0.05) is 24.8 Å². The summed E-state index contributed by atoms with van der Waals surface area (Å²) in [5.41, 5.74) is -2.69. The van der Waals surface area contributed by atoms with Gasteiger partial charge in [-0.1, -0.05) is 0 Å². The van der Waals surface area contributed by atoms with Crippen LogP contribution in [0.5, 0.6) is 0 Å². The SMILES string of the molecule is CC(C)(C)OC(=O)NCCCn1cccc(C=C(F)B2OC(C)(C)C(C)(C)O2)c1=O. The van der Waals surface area contributed by atoms with Gasteiger partial charge in [-0.3, -0.25) is 4.79 Å². The standard InChI is InChI=1S/C21H32BFN2O5/c1-19(2,3)28-18(27)24-11-9-13-25-12-8-10-15(17(25)26)14-16(23)22-29-20(4,5)21(6,7)30-22/h8,10,12,14H,9,11,13H2,1-7H3,(H,24,27). The normalized spacial score (nSPS) is 18.4. The molecule has 1 aliphatic rings. The highest BCUT2D eigenvalue weighted by atomic mass is 19.1. The summed E-state index contributed by atoms with van der Waals surface area (Å²) in [5.74, 6) is 0. The molecule has 2 rings (SSSR count). The second kappa shape index (κ2) is 8.94. The van der Waals surface area contributed by atoms with E-state index >= 15 is 0 Å². The van der Waals surface area contributed by atoms with E-state index in [0.29, 0.717) is 19.5 Å². The molecule has 0 unspecified atom stereocenters. The number of hydrogen-bond acceptors (Lipinski definition) is 5. The van der Waals surface area contributed by atoms with E-state index in [1.165, 1.54) is 4.57 Å². The van der Waals surface area contributed by atoms with E-state index in [-0.39, 0.29) is 11.1 Å². The van der Waals surface area contributed by atoms with Crippen LogP contribution in [0.2, 0.25) is 0 Å². The summed E-state index contributed by atoms with van der Waals surface area (Å²) in [7, 11) is -1.15. The van der Waals surface area contributed by atoms with Crippen LogP contribution in [0.25, 0.3) is 6.08 Å². The molecular weight excluding hydrogens is 390 g/mol. The number of rotatable bonds is 6. The van der Waals surface area contributed by atoms with E-state index < -0.39 is 35.7 Å². The Balaban J connectivity index is 1.99. The van der Waals surface area contributed by atoms with Crippen molar-refractivity contribution in [1.29, 1.82) is 0 Å². The highest BCUT2D eigenvalue weighted by Crippen LogP contribution is 2.38. The number of aromatic nitrogens is 1. The maximum absolute atomic E-state index is 14.7. The van der Waals surface area contributed by atoms with Crippen molar-refractivity contribution in [2.75, 3.05) is 6.54 Å². The Morgan fingerprint density at radius 1 is 1.27 bits per heavy atom. The number of hydrogen-bond donors (Lipinski definition) is 1. The predicted octanol–water partition coefficient (Wildman–Crippen LogP) is 3.70. The summed E-state index contributed by atoms with van der Waals surface area (Å²) in [5, 5.41) is 2.65. The Kier molecular flexibility index (Phi) is 7.19. The van der Waals surface area contributed by atoms with Gasteiger partial charge >= 0.3 is 13.2 Å². The van der Waals surface area contributed by atoms with Gasteiger partial charge in [0.1, 0.15) is 11.3 Å². The van der Waals surface area contributed by atoms with Crippen LogP contribution in [0, 0.1) is 0 Å². The third kappa shape index (κ3) is 6.19. The second-order valence-electron chi connectivity index (χ2n) is 9.36. The highest BCUT2D eigenvalue weighted by molar-refractivity contribution is 6.54. The van der Waals surface area contributed by atoms with Gasteiger partial charge in [-0.15, -0.1) is 0 Å². The predicted molar refractivity (Wildman–Crippen MR) is 115 cm³/mol. The van der Waals surface area contributed by atoms with E-state index in [0.717, 1.165) is 6.08 Å². The molecule has 166 valence electrons. The van der Waals surface area contributed by atoms with E-state index in [1.54, 1.807) is 39.1 Å². The van der Waals surface area contributed by atoms with Crippen molar-refractivity contribution in [2.24, 2.45) is 0 Å². The van der Waals surface area contributed by atoms with Crippen molar-refractivity contribution in [3.8, 4) is 0 Å². The van der Waals surface area contributed by atoms with Crippen LogP contribution in [-0.2, 0) is 20.6 Å². The minimum absolute atomic E-state index is 0.199. The van der Waals surface area contributed by atoms with Gasteiger partial charge in [0.2, 0.25) is 0 Å². The van der Waals surface area contributed by atoms with E-state index in [1.807, 2.05) is 27.7 Å². The maximum atomic E-state index is 14.7. The fourth-order valence-corrected chi connectivity index (χ4v) is 2.77. The van der Waals surface area contributed by atoms with Gasteiger partial charge in [-0.05, 0) is 73.1 Å². The van der Waals surface area contributed by atoms with Gasteiger partial charge < -0.3 is 23.9 Å². The molecule has 2 heterocycles. The lowest BCUT2D eigenvalue weighted by Crippen LogP contribution is -2.41. The number of nitrogens with one attached hydrogen (secondary N) is 1. The first-order valence-corrected chi connectivity index (χ1v) is 10.1. The molecule has 1 aliphatic heterocycles. The average Bonchev–Trinajstić information content (AvgIpc) is 2.81. The van der Waals surface area contributed by atoms with E-state index in [4.69, 9.17) is 14.0 Å². The highest BCUT2D eigenvalue weighted by Gasteiger charge is 2.53. The van der Waals surface area contributed by atoms with Gasteiger partial charge in [-0.2, -0.15) is 0 Å². The van der Waals surface area contributed by atoms with Crippen molar-refractivity contribution in [1.82, 2.24) is 9.88 Å². The molecule has 0 atom stereocenters. The molecule has 9 heteroatoms. The first-order valence-electron chi connectivity index (χ1n) is 10.1. The summed E-state index contributed by atoms with van der Waals surface area (Å²) in [6.45, 7) is 13.4. The first kappa shape index (κ1) is 24.1. The number of ether oxygens (including phenoxy) is 1. The Morgan fingerprint density at radius 3 is 2.43 bits per heavy atom. The number of alkyl carbamates (subject to hydrolysis) is 1. The van der Waals surface area contributed by atoms with Crippen molar-refractivity contribution >= 4 is 19.3 Å². The number of amides is 1.